The fourth-order valence-corrected chi connectivity index (χ4v) is 2.05. The second-order valence-electron chi connectivity index (χ2n) is 4.73. The highest BCUT2D eigenvalue weighted by Gasteiger charge is 2.27. The SMILES string of the molecule is O=C(COC(=O)C1CCC1)c1ccc2c(c1)OCO2. The Balaban J connectivity index is 1.59. The molecule has 100 valence electrons. The summed E-state index contributed by atoms with van der Waals surface area (Å²) in [6.45, 7) is -0.0430. The standard InChI is InChI=1S/C14H14O5/c15-11(7-17-14(16)9-2-1-3-9)10-4-5-12-13(6-10)19-8-18-12/h4-6,9H,1-3,7-8H2. The molecule has 2 aliphatic rings. The van der Waals surface area contributed by atoms with Gasteiger partial charge in [-0.1, -0.05) is 6.42 Å². The number of ether oxygens (including phenoxy) is 3. The van der Waals surface area contributed by atoms with Crippen molar-refractivity contribution in [2.75, 3.05) is 13.4 Å². The van der Waals surface area contributed by atoms with Crippen LogP contribution in [0.1, 0.15) is 29.6 Å². The van der Waals surface area contributed by atoms with E-state index in [4.69, 9.17) is 14.2 Å². The van der Waals surface area contributed by atoms with E-state index in [-0.39, 0.29) is 31.1 Å². The second-order valence-corrected chi connectivity index (χ2v) is 4.73. The van der Waals surface area contributed by atoms with Crippen LogP contribution < -0.4 is 9.47 Å². The summed E-state index contributed by atoms with van der Waals surface area (Å²) in [7, 11) is 0. The molecule has 3 rings (SSSR count). The first-order valence-electron chi connectivity index (χ1n) is 6.33. The summed E-state index contributed by atoms with van der Waals surface area (Å²) in [5.74, 6) is 0.676. The molecular formula is C14H14O5. The first-order valence-corrected chi connectivity index (χ1v) is 6.33. The molecule has 1 heterocycles. The van der Waals surface area contributed by atoms with Crippen LogP contribution in [0.15, 0.2) is 18.2 Å². The van der Waals surface area contributed by atoms with Crippen molar-refractivity contribution in [3.05, 3.63) is 23.8 Å². The minimum absolute atomic E-state index is 0.00967. The van der Waals surface area contributed by atoms with Crippen molar-refractivity contribution in [3.8, 4) is 11.5 Å². The minimum Gasteiger partial charge on any atom is -0.457 e. The molecule has 0 aromatic heterocycles. The maximum Gasteiger partial charge on any atom is 0.309 e. The normalized spacial score (nSPS) is 16.8. The number of hydrogen-bond acceptors (Lipinski definition) is 5. The van der Waals surface area contributed by atoms with Crippen LogP contribution in [0.5, 0.6) is 11.5 Å². The molecule has 1 aromatic rings. The zero-order valence-electron chi connectivity index (χ0n) is 10.4. The van der Waals surface area contributed by atoms with Crippen LogP contribution in [0.25, 0.3) is 0 Å². The van der Waals surface area contributed by atoms with Crippen LogP contribution in [0.4, 0.5) is 0 Å². The van der Waals surface area contributed by atoms with Gasteiger partial charge in [-0.05, 0) is 31.0 Å². The summed E-state index contributed by atoms with van der Waals surface area (Å²) in [5, 5.41) is 0. The quantitative estimate of drug-likeness (QED) is 0.613. The lowest BCUT2D eigenvalue weighted by Gasteiger charge is -2.22. The number of hydrogen-bond donors (Lipinski definition) is 0. The van der Waals surface area contributed by atoms with E-state index < -0.39 is 0 Å². The summed E-state index contributed by atoms with van der Waals surface area (Å²) >= 11 is 0. The van der Waals surface area contributed by atoms with Gasteiger partial charge in [0.05, 0.1) is 5.92 Å². The van der Waals surface area contributed by atoms with Crippen LogP contribution >= 0.6 is 0 Å². The zero-order valence-corrected chi connectivity index (χ0v) is 10.4. The van der Waals surface area contributed by atoms with Crippen molar-refractivity contribution < 1.29 is 23.8 Å². The average Bonchev–Trinajstić information content (AvgIpc) is 2.80. The molecule has 0 N–H and O–H groups in total. The number of benzene rings is 1. The lowest BCUT2D eigenvalue weighted by atomic mass is 9.86. The highest BCUT2D eigenvalue weighted by atomic mass is 16.7. The van der Waals surface area contributed by atoms with Crippen LogP contribution in [-0.2, 0) is 9.53 Å². The van der Waals surface area contributed by atoms with Crippen LogP contribution in [0.3, 0.4) is 0 Å². The second kappa shape index (κ2) is 4.91. The van der Waals surface area contributed by atoms with Crippen molar-refractivity contribution >= 4 is 11.8 Å². The highest BCUT2D eigenvalue weighted by Crippen LogP contribution is 2.32. The molecule has 0 bridgehead atoms. The van der Waals surface area contributed by atoms with Crippen molar-refractivity contribution in [3.63, 3.8) is 0 Å². The van der Waals surface area contributed by atoms with Crippen LogP contribution in [-0.4, -0.2) is 25.2 Å². The summed E-state index contributed by atoms with van der Waals surface area (Å²) in [6.07, 6.45) is 2.81. The summed E-state index contributed by atoms with van der Waals surface area (Å²) < 4.78 is 15.4. The number of carbonyl (C=O) groups excluding carboxylic acids is 2. The van der Waals surface area contributed by atoms with E-state index in [2.05, 4.69) is 0 Å². The Hall–Kier alpha value is -2.04. The molecule has 5 nitrogen and oxygen atoms in total. The zero-order chi connectivity index (χ0) is 13.2. The Kier molecular flexibility index (Phi) is 3.11. The third-order valence-electron chi connectivity index (χ3n) is 3.48. The van der Waals surface area contributed by atoms with E-state index in [1.54, 1.807) is 18.2 Å². The number of esters is 1. The third kappa shape index (κ3) is 2.41. The summed E-state index contributed by atoms with van der Waals surface area (Å²) in [4.78, 5) is 23.4. The Bertz CT molecular complexity index is 519. The largest absolute Gasteiger partial charge is 0.457 e. The Morgan fingerprint density at radius 2 is 2.00 bits per heavy atom. The van der Waals surface area contributed by atoms with Crippen LogP contribution in [0.2, 0.25) is 0 Å². The van der Waals surface area contributed by atoms with Gasteiger partial charge in [0, 0.05) is 5.56 Å². The maximum atomic E-state index is 11.9. The van der Waals surface area contributed by atoms with E-state index in [0.29, 0.717) is 17.1 Å². The molecule has 0 spiro atoms. The molecule has 1 aromatic carbocycles. The van der Waals surface area contributed by atoms with E-state index in [1.165, 1.54) is 0 Å². The lowest BCUT2D eigenvalue weighted by Crippen LogP contribution is -2.26. The van der Waals surface area contributed by atoms with Crippen LogP contribution in [0, 0.1) is 5.92 Å². The number of Topliss-reactive ketones (excluding diaryl/α,β-unsaturated/α-hetero) is 1. The maximum absolute atomic E-state index is 11.9. The van der Waals surface area contributed by atoms with Gasteiger partial charge >= 0.3 is 5.97 Å². The van der Waals surface area contributed by atoms with Gasteiger partial charge in [-0.15, -0.1) is 0 Å². The Morgan fingerprint density at radius 3 is 2.74 bits per heavy atom. The molecule has 0 saturated heterocycles. The molecule has 5 heteroatoms. The van der Waals surface area contributed by atoms with Gasteiger partial charge in [0.25, 0.3) is 0 Å². The number of ketones is 1. The summed E-state index contributed by atoms with van der Waals surface area (Å²) in [5.41, 5.74) is 0.464. The fraction of sp³-hybridized carbons (Fsp3) is 0.429. The van der Waals surface area contributed by atoms with Gasteiger partial charge in [0.2, 0.25) is 6.79 Å². The topological polar surface area (TPSA) is 61.8 Å². The van der Waals surface area contributed by atoms with Gasteiger partial charge < -0.3 is 14.2 Å². The first-order chi connectivity index (χ1) is 9.24. The monoisotopic (exact) mass is 262 g/mol. The van der Waals surface area contributed by atoms with Gasteiger partial charge in [0.15, 0.2) is 23.9 Å². The average molecular weight is 262 g/mol. The molecule has 0 atom stereocenters. The van der Waals surface area contributed by atoms with Crippen molar-refractivity contribution in [2.24, 2.45) is 5.92 Å². The fourth-order valence-electron chi connectivity index (χ4n) is 2.05. The predicted molar refractivity (Wildman–Crippen MR) is 65.2 cm³/mol. The molecule has 1 aliphatic heterocycles. The van der Waals surface area contributed by atoms with E-state index in [1.807, 2.05) is 0 Å². The smallest absolute Gasteiger partial charge is 0.309 e. The molecule has 0 amide bonds. The molecule has 1 fully saturated rings. The Labute approximate surface area is 110 Å². The van der Waals surface area contributed by atoms with Crippen molar-refractivity contribution in [2.45, 2.75) is 19.3 Å². The summed E-state index contributed by atoms with van der Waals surface area (Å²) in [6, 6.07) is 4.94. The van der Waals surface area contributed by atoms with E-state index in [9.17, 15) is 9.59 Å². The van der Waals surface area contributed by atoms with Gasteiger partial charge in [0.1, 0.15) is 0 Å². The van der Waals surface area contributed by atoms with Crippen molar-refractivity contribution in [1.29, 1.82) is 0 Å². The number of rotatable bonds is 4. The van der Waals surface area contributed by atoms with E-state index >= 15 is 0 Å². The molecule has 0 radical (unpaired) electrons. The van der Waals surface area contributed by atoms with Crippen molar-refractivity contribution in [1.82, 2.24) is 0 Å². The highest BCUT2D eigenvalue weighted by molar-refractivity contribution is 5.98. The van der Waals surface area contributed by atoms with Gasteiger partial charge in [-0.2, -0.15) is 0 Å². The molecule has 0 unspecified atom stereocenters. The number of fused-ring (bicyclic) bond motifs is 1. The minimum atomic E-state index is -0.264. The number of carbonyl (C=O) groups is 2. The van der Waals surface area contributed by atoms with E-state index in [0.717, 1.165) is 19.3 Å². The predicted octanol–water partition coefficient (Wildman–Crippen LogP) is 1.94. The van der Waals surface area contributed by atoms with Gasteiger partial charge in [-0.25, -0.2) is 0 Å². The molecule has 1 saturated carbocycles. The molecular weight excluding hydrogens is 248 g/mol. The first kappa shape index (κ1) is 12.0. The molecule has 1 aliphatic carbocycles. The molecule has 19 heavy (non-hydrogen) atoms. The third-order valence-corrected chi connectivity index (χ3v) is 3.48. The van der Waals surface area contributed by atoms with Gasteiger partial charge in [-0.3, -0.25) is 9.59 Å². The Morgan fingerprint density at radius 1 is 1.21 bits per heavy atom. The lowest BCUT2D eigenvalue weighted by molar-refractivity contribution is -0.150.